The number of rotatable bonds is 6. The molecule has 0 saturated carbocycles. The molecule has 11 heteroatoms. The van der Waals surface area contributed by atoms with Gasteiger partial charge < -0.3 is 31.9 Å². The third kappa shape index (κ3) is 6.64. The lowest BCUT2D eigenvalue weighted by Gasteiger charge is -2.26. The van der Waals surface area contributed by atoms with Crippen molar-refractivity contribution in [2.45, 2.75) is 12.8 Å². The SMILES string of the molecule is N=C(N)N1CC=C(c2ccc(NC(=O)c3ccc(C(=O)Nc4ccc(C5=CCN(C(=N)N)CC5)cc4)nc3)cc2)CC1. The molecule has 3 aromatic rings. The highest BCUT2D eigenvalue weighted by atomic mass is 16.2. The monoisotopic (exact) mass is 563 g/mol. The van der Waals surface area contributed by atoms with Crippen LogP contribution in [0.15, 0.2) is 79.0 Å². The topological polar surface area (TPSA) is 177 Å². The maximum atomic E-state index is 12.8. The van der Waals surface area contributed by atoms with E-state index >= 15 is 0 Å². The molecule has 11 nitrogen and oxygen atoms in total. The van der Waals surface area contributed by atoms with E-state index in [1.807, 2.05) is 48.5 Å². The number of nitrogens with one attached hydrogen (secondary N) is 4. The van der Waals surface area contributed by atoms with Gasteiger partial charge in [-0.05, 0) is 71.5 Å². The van der Waals surface area contributed by atoms with Gasteiger partial charge >= 0.3 is 0 Å². The van der Waals surface area contributed by atoms with Crippen LogP contribution in [-0.2, 0) is 0 Å². The lowest BCUT2D eigenvalue weighted by molar-refractivity contribution is 0.101. The minimum Gasteiger partial charge on any atom is -0.370 e. The number of nitrogens with zero attached hydrogens (tertiary/aromatic N) is 3. The summed E-state index contributed by atoms with van der Waals surface area (Å²) < 4.78 is 0. The van der Waals surface area contributed by atoms with Gasteiger partial charge in [-0.3, -0.25) is 25.4 Å². The molecule has 2 amide bonds. The van der Waals surface area contributed by atoms with Gasteiger partial charge in [0.2, 0.25) is 0 Å². The van der Waals surface area contributed by atoms with Crippen LogP contribution in [0, 0.1) is 10.8 Å². The van der Waals surface area contributed by atoms with E-state index in [-0.39, 0.29) is 29.4 Å². The van der Waals surface area contributed by atoms with Gasteiger partial charge in [-0.1, -0.05) is 36.4 Å². The average Bonchev–Trinajstić information content (AvgIpc) is 3.02. The molecule has 0 atom stereocenters. The van der Waals surface area contributed by atoms with E-state index in [1.165, 1.54) is 23.4 Å². The van der Waals surface area contributed by atoms with E-state index < -0.39 is 0 Å². The first-order valence-electron chi connectivity index (χ1n) is 13.6. The van der Waals surface area contributed by atoms with Crippen LogP contribution < -0.4 is 22.1 Å². The summed E-state index contributed by atoms with van der Waals surface area (Å²) in [6.45, 7) is 2.62. The van der Waals surface area contributed by atoms with Crippen molar-refractivity contribution in [3.63, 3.8) is 0 Å². The molecule has 0 unspecified atom stereocenters. The van der Waals surface area contributed by atoms with Crippen LogP contribution in [0.25, 0.3) is 11.1 Å². The Morgan fingerprint density at radius 3 is 1.55 bits per heavy atom. The van der Waals surface area contributed by atoms with Crippen LogP contribution in [0.5, 0.6) is 0 Å². The summed E-state index contributed by atoms with van der Waals surface area (Å²) in [4.78, 5) is 33.3. The Hall–Kier alpha value is -5.45. The third-order valence-corrected chi connectivity index (χ3v) is 7.39. The highest BCUT2D eigenvalue weighted by molar-refractivity contribution is 6.06. The van der Waals surface area contributed by atoms with Gasteiger partial charge in [0.05, 0.1) is 5.56 Å². The van der Waals surface area contributed by atoms with E-state index in [4.69, 9.17) is 22.3 Å². The quantitative estimate of drug-likeness (QED) is 0.196. The second kappa shape index (κ2) is 12.4. The molecule has 42 heavy (non-hydrogen) atoms. The number of nitrogens with two attached hydrogens (primary N) is 2. The van der Waals surface area contributed by atoms with Crippen LogP contribution in [0.4, 0.5) is 11.4 Å². The molecule has 2 aromatic carbocycles. The molecule has 0 bridgehead atoms. The Balaban J connectivity index is 1.14. The maximum absolute atomic E-state index is 12.8. The summed E-state index contributed by atoms with van der Waals surface area (Å²) in [5, 5.41) is 20.8. The van der Waals surface area contributed by atoms with Gasteiger partial charge in [0.1, 0.15) is 5.69 Å². The summed E-state index contributed by atoms with van der Waals surface area (Å²) >= 11 is 0. The highest BCUT2D eigenvalue weighted by Crippen LogP contribution is 2.25. The molecule has 5 rings (SSSR count). The van der Waals surface area contributed by atoms with Crippen molar-refractivity contribution >= 4 is 46.3 Å². The van der Waals surface area contributed by atoms with E-state index in [2.05, 4.69) is 27.8 Å². The van der Waals surface area contributed by atoms with Gasteiger partial charge in [-0.15, -0.1) is 0 Å². The molecule has 2 aliphatic heterocycles. The largest absolute Gasteiger partial charge is 0.370 e. The van der Waals surface area contributed by atoms with Crippen molar-refractivity contribution in [2.24, 2.45) is 11.5 Å². The Kier molecular flexibility index (Phi) is 8.28. The van der Waals surface area contributed by atoms with Gasteiger partial charge in [-0.25, -0.2) is 0 Å². The van der Waals surface area contributed by atoms with Crippen molar-refractivity contribution in [1.82, 2.24) is 14.8 Å². The van der Waals surface area contributed by atoms with E-state index in [0.717, 1.165) is 24.0 Å². The number of carbonyl (C=O) groups is 2. The molecule has 0 spiro atoms. The molecular weight excluding hydrogens is 530 g/mol. The maximum Gasteiger partial charge on any atom is 0.274 e. The number of hydrogen-bond donors (Lipinski definition) is 6. The second-order valence-corrected chi connectivity index (χ2v) is 10.1. The summed E-state index contributed by atoms with van der Waals surface area (Å²) in [5.74, 6) is -0.540. The van der Waals surface area contributed by atoms with Crippen LogP contribution in [0.2, 0.25) is 0 Å². The molecule has 8 N–H and O–H groups in total. The zero-order valence-electron chi connectivity index (χ0n) is 23.1. The number of carbonyl (C=O) groups excluding carboxylic acids is 2. The van der Waals surface area contributed by atoms with Crippen molar-refractivity contribution in [3.8, 4) is 0 Å². The van der Waals surface area contributed by atoms with Crippen molar-refractivity contribution < 1.29 is 9.59 Å². The molecular formula is C31H33N9O2. The molecule has 3 heterocycles. The van der Waals surface area contributed by atoms with E-state index in [1.54, 1.807) is 15.9 Å². The van der Waals surface area contributed by atoms with Crippen LogP contribution in [0.3, 0.4) is 0 Å². The van der Waals surface area contributed by atoms with Gasteiger partial charge in [0, 0.05) is 43.8 Å². The summed E-state index contributed by atoms with van der Waals surface area (Å²) in [6, 6.07) is 18.3. The minimum absolute atomic E-state index is 0.0777. The minimum atomic E-state index is -0.372. The number of guanidine groups is 2. The Morgan fingerprint density at radius 1 is 0.690 bits per heavy atom. The number of hydrogen-bond acceptors (Lipinski definition) is 5. The standard InChI is InChI=1S/C31H33N9O2/c32-30(33)39-15-11-22(12-16-39)20-1-6-25(7-2-20)37-28(41)24-5-10-27(36-19-24)29(42)38-26-8-3-21(4-9-26)23-13-17-40(18-14-23)31(34)35/h1-11,13,19H,12,14-18H2,(H3,32,33)(H3,34,35)(H,37,41)(H,38,42). The summed E-state index contributed by atoms with van der Waals surface area (Å²) in [6.07, 6.45) is 7.10. The van der Waals surface area contributed by atoms with Gasteiger partial charge in [0.25, 0.3) is 11.8 Å². The number of anilines is 2. The summed E-state index contributed by atoms with van der Waals surface area (Å²) in [7, 11) is 0. The zero-order valence-corrected chi connectivity index (χ0v) is 23.1. The molecule has 0 aliphatic carbocycles. The lowest BCUT2D eigenvalue weighted by atomic mass is 9.99. The molecule has 0 saturated heterocycles. The second-order valence-electron chi connectivity index (χ2n) is 10.1. The van der Waals surface area contributed by atoms with Gasteiger partial charge in [0.15, 0.2) is 11.9 Å². The van der Waals surface area contributed by atoms with Crippen molar-refractivity contribution in [1.29, 1.82) is 10.8 Å². The molecule has 2 aliphatic rings. The fourth-order valence-electron chi connectivity index (χ4n) is 4.90. The fourth-order valence-corrected chi connectivity index (χ4v) is 4.90. The van der Waals surface area contributed by atoms with Crippen molar-refractivity contribution in [3.05, 3.63) is 101 Å². The normalized spacial score (nSPS) is 14.9. The van der Waals surface area contributed by atoms with Crippen LogP contribution in [-0.4, -0.2) is 64.7 Å². The fraction of sp³-hybridized carbons (Fsp3) is 0.194. The Labute approximate surface area is 243 Å². The lowest BCUT2D eigenvalue weighted by Crippen LogP contribution is -2.39. The van der Waals surface area contributed by atoms with Crippen molar-refractivity contribution in [2.75, 3.05) is 36.8 Å². The first-order chi connectivity index (χ1) is 20.3. The number of aromatic nitrogens is 1. The molecule has 214 valence electrons. The van der Waals surface area contributed by atoms with E-state index in [9.17, 15) is 9.59 Å². The predicted octanol–water partition coefficient (Wildman–Crippen LogP) is 3.55. The van der Waals surface area contributed by atoms with Crippen LogP contribution in [0.1, 0.15) is 44.8 Å². The Morgan fingerprint density at radius 2 is 1.17 bits per heavy atom. The van der Waals surface area contributed by atoms with Crippen LogP contribution >= 0.6 is 0 Å². The first-order valence-corrected chi connectivity index (χ1v) is 13.6. The number of pyridine rings is 1. The molecule has 0 fully saturated rings. The smallest absolute Gasteiger partial charge is 0.274 e. The molecule has 1 aromatic heterocycles. The average molecular weight is 564 g/mol. The third-order valence-electron chi connectivity index (χ3n) is 7.39. The first kappa shape index (κ1) is 28.1. The Bertz CT molecular complexity index is 1440. The summed E-state index contributed by atoms with van der Waals surface area (Å²) in [5.41, 5.74) is 17.4. The van der Waals surface area contributed by atoms with Gasteiger partial charge in [-0.2, -0.15) is 0 Å². The highest BCUT2D eigenvalue weighted by Gasteiger charge is 2.16. The zero-order chi connectivity index (χ0) is 29.6. The van der Waals surface area contributed by atoms with E-state index in [0.29, 0.717) is 43.1 Å². The molecule has 0 radical (unpaired) electrons. The number of amides is 2. The predicted molar refractivity (Wildman–Crippen MR) is 165 cm³/mol. The number of benzene rings is 2.